The van der Waals surface area contributed by atoms with Crippen LogP contribution in [0.1, 0.15) is 50.1 Å². The number of benzene rings is 1. The van der Waals surface area contributed by atoms with Crippen LogP contribution in [-0.4, -0.2) is 6.61 Å². The van der Waals surface area contributed by atoms with Gasteiger partial charge in [0.05, 0.1) is 0 Å². The third-order valence-electron chi connectivity index (χ3n) is 3.98. The van der Waals surface area contributed by atoms with Gasteiger partial charge < -0.3 is 4.74 Å². The van der Waals surface area contributed by atoms with E-state index in [2.05, 4.69) is 10.2 Å². The number of nitrogens with two attached hydrogens (primary N) is 1. The number of nitrogens with one attached hydrogen (secondary N) is 1. The van der Waals surface area contributed by atoms with Crippen molar-refractivity contribution in [1.82, 2.24) is 5.43 Å². The van der Waals surface area contributed by atoms with E-state index in [1.54, 1.807) is 12.1 Å². The Balaban J connectivity index is 2.02. The molecule has 0 spiro atoms. The molecule has 0 aromatic heterocycles. The first-order valence-electron chi connectivity index (χ1n) is 7.20. The summed E-state index contributed by atoms with van der Waals surface area (Å²) in [6.07, 6.45) is 7.26. The van der Waals surface area contributed by atoms with Gasteiger partial charge in [-0.15, -0.1) is 0 Å². The van der Waals surface area contributed by atoms with E-state index in [9.17, 15) is 8.78 Å². The summed E-state index contributed by atoms with van der Waals surface area (Å²) >= 11 is 0. The van der Waals surface area contributed by atoms with Crippen LogP contribution in [0, 0.1) is 5.92 Å². The fourth-order valence-corrected chi connectivity index (χ4v) is 2.96. The highest BCUT2D eigenvalue weighted by Crippen LogP contribution is 2.32. The van der Waals surface area contributed by atoms with Gasteiger partial charge in [0.25, 0.3) is 0 Å². The maximum absolute atomic E-state index is 12.2. The summed E-state index contributed by atoms with van der Waals surface area (Å²) in [7, 11) is 0. The van der Waals surface area contributed by atoms with E-state index in [0.29, 0.717) is 5.92 Å². The van der Waals surface area contributed by atoms with Gasteiger partial charge in [-0.2, -0.15) is 8.78 Å². The molecule has 0 aliphatic heterocycles. The second kappa shape index (κ2) is 7.55. The fraction of sp³-hybridized carbons (Fsp3) is 0.600. The van der Waals surface area contributed by atoms with Crippen LogP contribution < -0.4 is 16.0 Å². The Labute approximate surface area is 118 Å². The molecule has 2 rings (SSSR count). The van der Waals surface area contributed by atoms with Gasteiger partial charge in [0, 0.05) is 6.04 Å². The Hall–Kier alpha value is -1.20. The first-order chi connectivity index (χ1) is 9.69. The molecule has 1 saturated carbocycles. The Kier molecular flexibility index (Phi) is 5.73. The molecule has 0 amide bonds. The average Bonchev–Trinajstić information content (AvgIpc) is 2.45. The second-order valence-electron chi connectivity index (χ2n) is 5.41. The van der Waals surface area contributed by atoms with Gasteiger partial charge in [-0.25, -0.2) is 0 Å². The summed E-state index contributed by atoms with van der Waals surface area (Å²) < 4.78 is 28.9. The maximum atomic E-state index is 12.2. The van der Waals surface area contributed by atoms with Gasteiger partial charge in [-0.3, -0.25) is 11.3 Å². The van der Waals surface area contributed by atoms with Gasteiger partial charge in [-0.05, 0) is 30.0 Å². The second-order valence-corrected chi connectivity index (χ2v) is 5.41. The van der Waals surface area contributed by atoms with Crippen LogP contribution in [0.5, 0.6) is 5.75 Å². The largest absolute Gasteiger partial charge is 0.435 e. The molecule has 0 saturated heterocycles. The van der Waals surface area contributed by atoms with Gasteiger partial charge in [0.2, 0.25) is 0 Å². The zero-order chi connectivity index (χ0) is 14.4. The van der Waals surface area contributed by atoms with E-state index < -0.39 is 6.61 Å². The van der Waals surface area contributed by atoms with Crippen molar-refractivity contribution in [2.45, 2.75) is 51.2 Å². The van der Waals surface area contributed by atoms with Crippen LogP contribution in [-0.2, 0) is 0 Å². The molecule has 3 N–H and O–H groups in total. The summed E-state index contributed by atoms with van der Waals surface area (Å²) in [5, 5.41) is 0. The maximum Gasteiger partial charge on any atom is 0.387 e. The van der Waals surface area contributed by atoms with E-state index in [0.717, 1.165) is 12.0 Å². The lowest BCUT2D eigenvalue weighted by Crippen LogP contribution is -2.30. The van der Waals surface area contributed by atoms with Crippen molar-refractivity contribution in [3.63, 3.8) is 0 Å². The lowest BCUT2D eigenvalue weighted by atomic mass is 9.83. The Bertz CT molecular complexity index is 409. The minimum Gasteiger partial charge on any atom is -0.435 e. The van der Waals surface area contributed by atoms with Gasteiger partial charge >= 0.3 is 6.61 Å². The van der Waals surface area contributed by atoms with E-state index >= 15 is 0 Å². The van der Waals surface area contributed by atoms with Crippen LogP contribution in [0.4, 0.5) is 8.78 Å². The van der Waals surface area contributed by atoms with Gasteiger partial charge in [0.1, 0.15) is 5.75 Å². The normalized spacial score (nSPS) is 18.2. The molecular formula is C15H22F2N2O. The first-order valence-corrected chi connectivity index (χ1v) is 7.20. The number of alkyl halides is 2. The molecule has 1 aliphatic rings. The number of rotatable bonds is 6. The van der Waals surface area contributed by atoms with Crippen molar-refractivity contribution in [1.29, 1.82) is 0 Å². The summed E-state index contributed by atoms with van der Waals surface area (Å²) in [5.74, 6) is 6.47. The monoisotopic (exact) mass is 284 g/mol. The average molecular weight is 284 g/mol. The molecule has 112 valence electrons. The molecule has 1 aromatic rings. The van der Waals surface area contributed by atoms with E-state index in [1.165, 1.54) is 38.2 Å². The highest BCUT2D eigenvalue weighted by Gasteiger charge is 2.20. The molecule has 3 nitrogen and oxygen atoms in total. The number of hydrogen-bond acceptors (Lipinski definition) is 3. The SMILES string of the molecule is NNC(CC1CCCCC1)c1cccc(OC(F)F)c1. The molecule has 20 heavy (non-hydrogen) atoms. The number of halogens is 2. The van der Waals surface area contributed by atoms with Crippen molar-refractivity contribution < 1.29 is 13.5 Å². The lowest BCUT2D eigenvalue weighted by Gasteiger charge is -2.26. The number of hydrazine groups is 1. The van der Waals surface area contributed by atoms with Crippen molar-refractivity contribution in [2.75, 3.05) is 0 Å². The van der Waals surface area contributed by atoms with Crippen LogP contribution in [0.3, 0.4) is 0 Å². The van der Waals surface area contributed by atoms with Gasteiger partial charge in [-0.1, -0.05) is 44.2 Å². The highest BCUT2D eigenvalue weighted by atomic mass is 19.3. The van der Waals surface area contributed by atoms with E-state index in [4.69, 9.17) is 5.84 Å². The Morgan fingerprint density at radius 3 is 2.65 bits per heavy atom. The summed E-state index contributed by atoms with van der Waals surface area (Å²) in [4.78, 5) is 0. The zero-order valence-corrected chi connectivity index (χ0v) is 11.5. The minimum absolute atomic E-state index is 0.0145. The summed E-state index contributed by atoms with van der Waals surface area (Å²) in [6.45, 7) is -2.80. The van der Waals surface area contributed by atoms with E-state index in [-0.39, 0.29) is 11.8 Å². The van der Waals surface area contributed by atoms with Gasteiger partial charge in [0.15, 0.2) is 0 Å². The molecule has 0 heterocycles. The van der Waals surface area contributed by atoms with Crippen LogP contribution >= 0.6 is 0 Å². The molecule has 0 bridgehead atoms. The Morgan fingerprint density at radius 2 is 2.00 bits per heavy atom. The lowest BCUT2D eigenvalue weighted by molar-refractivity contribution is -0.0499. The Morgan fingerprint density at radius 1 is 1.25 bits per heavy atom. The van der Waals surface area contributed by atoms with Crippen LogP contribution in [0.15, 0.2) is 24.3 Å². The molecule has 1 aromatic carbocycles. The number of hydrogen-bond donors (Lipinski definition) is 2. The summed E-state index contributed by atoms with van der Waals surface area (Å²) in [5.41, 5.74) is 3.70. The topological polar surface area (TPSA) is 47.3 Å². The predicted molar refractivity (Wildman–Crippen MR) is 74.3 cm³/mol. The molecule has 0 radical (unpaired) electrons. The van der Waals surface area contributed by atoms with Crippen molar-refractivity contribution >= 4 is 0 Å². The first kappa shape index (κ1) is 15.2. The standard InChI is InChI=1S/C15H22F2N2O/c16-15(17)20-13-8-4-7-12(10-13)14(19-18)9-11-5-2-1-3-6-11/h4,7-8,10-11,14-15,19H,1-3,5-6,9,18H2. The molecule has 1 atom stereocenters. The zero-order valence-electron chi connectivity index (χ0n) is 11.5. The van der Waals surface area contributed by atoms with Crippen LogP contribution in [0.25, 0.3) is 0 Å². The van der Waals surface area contributed by atoms with Crippen molar-refractivity contribution in [3.8, 4) is 5.75 Å². The molecular weight excluding hydrogens is 262 g/mol. The summed E-state index contributed by atoms with van der Waals surface area (Å²) in [6, 6.07) is 6.77. The molecule has 5 heteroatoms. The molecule has 1 aliphatic carbocycles. The molecule has 1 unspecified atom stereocenters. The molecule has 1 fully saturated rings. The minimum atomic E-state index is -2.80. The van der Waals surface area contributed by atoms with Crippen molar-refractivity contribution in [2.24, 2.45) is 11.8 Å². The third kappa shape index (κ3) is 4.42. The highest BCUT2D eigenvalue weighted by molar-refractivity contribution is 5.30. The van der Waals surface area contributed by atoms with Crippen LogP contribution in [0.2, 0.25) is 0 Å². The fourth-order valence-electron chi connectivity index (χ4n) is 2.96. The number of ether oxygens (including phenoxy) is 1. The van der Waals surface area contributed by atoms with Crippen molar-refractivity contribution in [3.05, 3.63) is 29.8 Å². The third-order valence-corrected chi connectivity index (χ3v) is 3.98. The van der Waals surface area contributed by atoms with E-state index in [1.807, 2.05) is 6.07 Å². The quantitative estimate of drug-likeness (QED) is 0.617. The smallest absolute Gasteiger partial charge is 0.387 e. The predicted octanol–water partition coefficient (Wildman–Crippen LogP) is 3.76.